The van der Waals surface area contributed by atoms with Gasteiger partial charge in [-0.1, -0.05) is 27.2 Å². The predicted octanol–water partition coefficient (Wildman–Crippen LogP) is 3.22. The Morgan fingerprint density at radius 1 is 1.20 bits per heavy atom. The second kappa shape index (κ2) is 7.24. The molecule has 0 aliphatic carbocycles. The third kappa shape index (κ3) is 8.88. The Bertz CT molecular complexity index is 151. The molecular formula is C13H29NO. The zero-order chi connectivity index (χ0) is 11.9. The topological polar surface area (TPSA) is 21.3 Å². The monoisotopic (exact) mass is 215 g/mol. The molecule has 0 aromatic rings. The molecular weight excluding hydrogens is 186 g/mol. The van der Waals surface area contributed by atoms with Crippen LogP contribution >= 0.6 is 0 Å². The van der Waals surface area contributed by atoms with Crippen LogP contribution < -0.4 is 5.32 Å². The Labute approximate surface area is 95.8 Å². The first-order valence-electron chi connectivity index (χ1n) is 6.26. The smallest absolute Gasteiger partial charge is 0.0626 e. The Hall–Kier alpha value is -0.0800. The van der Waals surface area contributed by atoms with Crippen molar-refractivity contribution in [2.75, 3.05) is 13.2 Å². The van der Waals surface area contributed by atoms with Gasteiger partial charge in [-0.15, -0.1) is 0 Å². The fraction of sp³-hybridized carbons (Fsp3) is 1.00. The van der Waals surface area contributed by atoms with Gasteiger partial charge in [0.2, 0.25) is 0 Å². The molecule has 0 aliphatic rings. The molecule has 0 fully saturated rings. The maximum absolute atomic E-state index is 5.83. The highest BCUT2D eigenvalue weighted by Gasteiger charge is 2.16. The third-order valence-electron chi connectivity index (χ3n) is 2.59. The summed E-state index contributed by atoms with van der Waals surface area (Å²) in [6.45, 7) is 14.9. The van der Waals surface area contributed by atoms with Crippen molar-refractivity contribution < 1.29 is 4.74 Å². The first-order valence-corrected chi connectivity index (χ1v) is 6.26. The van der Waals surface area contributed by atoms with Crippen molar-refractivity contribution >= 4 is 0 Å². The summed E-state index contributed by atoms with van der Waals surface area (Å²) in [5, 5.41) is 3.50. The van der Waals surface area contributed by atoms with Crippen molar-refractivity contribution in [3.8, 4) is 0 Å². The normalized spacial score (nSPS) is 16.4. The summed E-state index contributed by atoms with van der Waals surface area (Å²) >= 11 is 0. The summed E-state index contributed by atoms with van der Waals surface area (Å²) in [7, 11) is 0. The molecule has 2 atom stereocenters. The molecule has 0 bridgehead atoms. The van der Waals surface area contributed by atoms with Crippen LogP contribution in [0.5, 0.6) is 0 Å². The van der Waals surface area contributed by atoms with Gasteiger partial charge in [-0.25, -0.2) is 0 Å². The minimum absolute atomic E-state index is 0.0247. The van der Waals surface area contributed by atoms with Gasteiger partial charge in [0.15, 0.2) is 0 Å². The molecule has 92 valence electrons. The van der Waals surface area contributed by atoms with E-state index in [0.29, 0.717) is 6.04 Å². The van der Waals surface area contributed by atoms with E-state index in [4.69, 9.17) is 4.74 Å². The zero-order valence-electron chi connectivity index (χ0n) is 11.4. The number of likely N-dealkylation sites (N-methyl/N-ethyl adjacent to an activating group) is 1. The zero-order valence-corrected chi connectivity index (χ0v) is 11.4. The second-order valence-corrected chi connectivity index (χ2v) is 5.43. The molecule has 0 saturated carbocycles. The fourth-order valence-electron chi connectivity index (χ4n) is 1.50. The molecule has 15 heavy (non-hydrogen) atoms. The highest BCUT2D eigenvalue weighted by Crippen LogP contribution is 2.13. The molecule has 2 nitrogen and oxygen atoms in total. The number of rotatable bonds is 7. The van der Waals surface area contributed by atoms with E-state index in [2.05, 4.69) is 46.9 Å². The van der Waals surface area contributed by atoms with Crippen molar-refractivity contribution in [2.45, 2.75) is 66.0 Å². The van der Waals surface area contributed by atoms with Crippen molar-refractivity contribution in [1.82, 2.24) is 5.32 Å². The van der Waals surface area contributed by atoms with Gasteiger partial charge >= 0.3 is 0 Å². The van der Waals surface area contributed by atoms with E-state index in [9.17, 15) is 0 Å². The van der Waals surface area contributed by atoms with Gasteiger partial charge in [0.25, 0.3) is 0 Å². The van der Waals surface area contributed by atoms with Gasteiger partial charge in [0, 0.05) is 6.04 Å². The molecule has 1 N–H and O–H groups in total. The van der Waals surface area contributed by atoms with Crippen LogP contribution in [-0.4, -0.2) is 24.8 Å². The molecule has 0 rings (SSSR count). The predicted molar refractivity (Wildman–Crippen MR) is 67.2 cm³/mol. The number of ether oxygens (including phenoxy) is 1. The molecule has 2 heteroatoms. The van der Waals surface area contributed by atoms with Crippen LogP contribution in [0.15, 0.2) is 0 Å². The van der Waals surface area contributed by atoms with E-state index in [-0.39, 0.29) is 5.60 Å². The van der Waals surface area contributed by atoms with E-state index in [1.54, 1.807) is 0 Å². The summed E-state index contributed by atoms with van der Waals surface area (Å²) in [6.07, 6.45) is 2.46. The first-order chi connectivity index (χ1) is 6.89. The van der Waals surface area contributed by atoms with E-state index >= 15 is 0 Å². The summed E-state index contributed by atoms with van der Waals surface area (Å²) in [5.41, 5.74) is -0.0247. The van der Waals surface area contributed by atoms with Gasteiger partial charge in [-0.3, -0.25) is 0 Å². The van der Waals surface area contributed by atoms with Crippen molar-refractivity contribution in [2.24, 2.45) is 5.92 Å². The van der Waals surface area contributed by atoms with Gasteiger partial charge < -0.3 is 10.1 Å². The molecule has 0 aliphatic heterocycles. The lowest BCUT2D eigenvalue weighted by molar-refractivity contribution is -0.0169. The Morgan fingerprint density at radius 3 is 2.20 bits per heavy atom. The summed E-state index contributed by atoms with van der Waals surface area (Å²) in [6, 6.07) is 0.504. The minimum Gasteiger partial charge on any atom is -0.374 e. The third-order valence-corrected chi connectivity index (χ3v) is 2.59. The van der Waals surface area contributed by atoms with Crippen LogP contribution in [0.4, 0.5) is 0 Å². The van der Waals surface area contributed by atoms with Crippen LogP contribution in [0.2, 0.25) is 0 Å². The van der Waals surface area contributed by atoms with E-state index in [0.717, 1.165) is 19.1 Å². The summed E-state index contributed by atoms with van der Waals surface area (Å²) in [5.74, 6) is 0.776. The number of nitrogens with one attached hydrogen (secondary N) is 1. The fourth-order valence-corrected chi connectivity index (χ4v) is 1.50. The molecule has 0 radical (unpaired) electrons. The van der Waals surface area contributed by atoms with Gasteiger partial charge in [0.05, 0.1) is 12.2 Å². The second-order valence-electron chi connectivity index (χ2n) is 5.43. The van der Waals surface area contributed by atoms with Crippen LogP contribution in [0, 0.1) is 5.92 Å². The van der Waals surface area contributed by atoms with Crippen molar-refractivity contribution in [3.05, 3.63) is 0 Å². The van der Waals surface area contributed by atoms with E-state index < -0.39 is 0 Å². The summed E-state index contributed by atoms with van der Waals surface area (Å²) < 4.78 is 5.83. The molecule has 2 unspecified atom stereocenters. The first kappa shape index (κ1) is 14.9. The van der Waals surface area contributed by atoms with E-state index in [1.165, 1.54) is 12.8 Å². The Balaban J connectivity index is 3.93. The lowest BCUT2D eigenvalue weighted by Crippen LogP contribution is -2.37. The maximum atomic E-state index is 5.83. The standard InChI is InChI=1S/C13H29NO/c1-7-11(3)9-12(14-8-2)10-15-13(4,5)6/h11-12,14H,7-10H2,1-6H3. The highest BCUT2D eigenvalue weighted by molar-refractivity contribution is 4.70. The molecule has 0 aromatic heterocycles. The lowest BCUT2D eigenvalue weighted by atomic mass is 9.99. The highest BCUT2D eigenvalue weighted by atomic mass is 16.5. The van der Waals surface area contributed by atoms with Gasteiger partial charge in [-0.05, 0) is 39.7 Å². The molecule has 0 aromatic carbocycles. The molecule has 0 amide bonds. The van der Waals surface area contributed by atoms with Crippen LogP contribution in [0.3, 0.4) is 0 Å². The maximum Gasteiger partial charge on any atom is 0.0626 e. The minimum atomic E-state index is -0.0247. The van der Waals surface area contributed by atoms with E-state index in [1.807, 2.05) is 0 Å². The SMILES string of the molecule is CCNC(COC(C)(C)C)CC(C)CC. The average molecular weight is 215 g/mol. The lowest BCUT2D eigenvalue weighted by Gasteiger charge is -2.26. The van der Waals surface area contributed by atoms with Gasteiger partial charge in [-0.2, -0.15) is 0 Å². The largest absolute Gasteiger partial charge is 0.374 e. The average Bonchev–Trinajstić information content (AvgIpc) is 2.13. The Kier molecular flexibility index (Phi) is 7.20. The molecule has 0 saturated heterocycles. The summed E-state index contributed by atoms with van der Waals surface area (Å²) in [4.78, 5) is 0. The quantitative estimate of drug-likeness (QED) is 0.704. The van der Waals surface area contributed by atoms with Gasteiger partial charge in [0.1, 0.15) is 0 Å². The van der Waals surface area contributed by atoms with Crippen molar-refractivity contribution in [1.29, 1.82) is 0 Å². The molecule has 0 spiro atoms. The number of hydrogen-bond acceptors (Lipinski definition) is 2. The van der Waals surface area contributed by atoms with Crippen molar-refractivity contribution in [3.63, 3.8) is 0 Å². The number of hydrogen-bond donors (Lipinski definition) is 1. The van der Waals surface area contributed by atoms with Crippen LogP contribution in [0.25, 0.3) is 0 Å². The van der Waals surface area contributed by atoms with Crippen LogP contribution in [-0.2, 0) is 4.74 Å². The molecule has 0 heterocycles. The van der Waals surface area contributed by atoms with Crippen LogP contribution in [0.1, 0.15) is 54.4 Å². The Morgan fingerprint density at radius 2 is 1.80 bits per heavy atom.